The molecule has 0 saturated heterocycles. The summed E-state index contributed by atoms with van der Waals surface area (Å²) in [6.45, 7) is 1.23. The molecule has 0 heterocycles. The number of amides is 1. The first-order valence-corrected chi connectivity index (χ1v) is 6.26. The molecule has 0 aliphatic rings. The molecule has 1 aromatic rings. The molecule has 1 aromatic carbocycles. The van der Waals surface area contributed by atoms with Crippen molar-refractivity contribution in [3.63, 3.8) is 0 Å². The standard InChI is InChI=1S/C12H13Cl2F2NO/c1-8-4-9(6-10(14)5-8)12(18)17(3-2-13)7-11(15)16/h4-6,11H,2-3,7H2,1H3. The fraction of sp³-hybridized carbons (Fsp3) is 0.417. The van der Waals surface area contributed by atoms with E-state index in [0.29, 0.717) is 10.6 Å². The smallest absolute Gasteiger partial charge is 0.255 e. The van der Waals surface area contributed by atoms with Crippen molar-refractivity contribution in [3.8, 4) is 0 Å². The summed E-state index contributed by atoms with van der Waals surface area (Å²) in [5, 5.41) is 0.404. The van der Waals surface area contributed by atoms with Crippen LogP contribution in [0.15, 0.2) is 18.2 Å². The lowest BCUT2D eigenvalue weighted by Crippen LogP contribution is -2.36. The Labute approximate surface area is 114 Å². The highest BCUT2D eigenvalue weighted by atomic mass is 35.5. The van der Waals surface area contributed by atoms with Gasteiger partial charge in [0.2, 0.25) is 0 Å². The van der Waals surface area contributed by atoms with Crippen LogP contribution in [0, 0.1) is 6.92 Å². The van der Waals surface area contributed by atoms with Crippen molar-refractivity contribution in [2.75, 3.05) is 19.0 Å². The Morgan fingerprint density at radius 1 is 1.39 bits per heavy atom. The Bertz CT molecular complexity index is 406. The van der Waals surface area contributed by atoms with E-state index in [1.54, 1.807) is 19.1 Å². The van der Waals surface area contributed by atoms with Crippen LogP contribution in [0.3, 0.4) is 0 Å². The maximum absolute atomic E-state index is 12.4. The van der Waals surface area contributed by atoms with Crippen LogP contribution in [0.2, 0.25) is 5.02 Å². The zero-order chi connectivity index (χ0) is 13.7. The Balaban J connectivity index is 2.93. The first-order valence-electron chi connectivity index (χ1n) is 5.34. The Kier molecular flexibility index (Phi) is 5.82. The van der Waals surface area contributed by atoms with Crippen LogP contribution in [0.5, 0.6) is 0 Å². The summed E-state index contributed by atoms with van der Waals surface area (Å²) in [5.74, 6) is -0.376. The van der Waals surface area contributed by atoms with E-state index in [2.05, 4.69) is 0 Å². The van der Waals surface area contributed by atoms with Crippen molar-refractivity contribution >= 4 is 29.1 Å². The topological polar surface area (TPSA) is 20.3 Å². The summed E-state index contributed by atoms with van der Waals surface area (Å²) in [5.41, 5.74) is 1.10. The third kappa shape index (κ3) is 4.42. The molecule has 6 heteroatoms. The lowest BCUT2D eigenvalue weighted by molar-refractivity contribution is 0.0571. The van der Waals surface area contributed by atoms with Gasteiger partial charge >= 0.3 is 0 Å². The molecule has 0 aliphatic heterocycles. The van der Waals surface area contributed by atoms with Crippen LogP contribution in [0.4, 0.5) is 8.78 Å². The van der Waals surface area contributed by atoms with E-state index in [1.165, 1.54) is 6.07 Å². The summed E-state index contributed by atoms with van der Waals surface area (Å²) < 4.78 is 24.8. The molecule has 100 valence electrons. The average molecular weight is 296 g/mol. The monoisotopic (exact) mass is 295 g/mol. The zero-order valence-corrected chi connectivity index (χ0v) is 11.3. The van der Waals surface area contributed by atoms with E-state index in [-0.39, 0.29) is 12.4 Å². The molecule has 0 atom stereocenters. The minimum absolute atomic E-state index is 0.0797. The largest absolute Gasteiger partial charge is 0.332 e. The molecule has 0 N–H and O–H groups in total. The molecule has 0 aliphatic carbocycles. The first kappa shape index (κ1) is 15.2. The van der Waals surface area contributed by atoms with E-state index in [0.717, 1.165) is 10.5 Å². The van der Waals surface area contributed by atoms with Crippen LogP contribution >= 0.6 is 23.2 Å². The normalized spacial score (nSPS) is 10.8. The van der Waals surface area contributed by atoms with Gasteiger partial charge < -0.3 is 4.90 Å². The minimum atomic E-state index is -2.59. The number of benzene rings is 1. The van der Waals surface area contributed by atoms with Gasteiger partial charge in [0.15, 0.2) is 0 Å². The van der Waals surface area contributed by atoms with Crippen molar-refractivity contribution in [3.05, 3.63) is 34.3 Å². The van der Waals surface area contributed by atoms with E-state index in [1.807, 2.05) is 0 Å². The first-order chi connectivity index (χ1) is 8.43. The van der Waals surface area contributed by atoms with Gasteiger partial charge in [0, 0.05) is 23.0 Å². The van der Waals surface area contributed by atoms with Gasteiger partial charge in [-0.1, -0.05) is 11.6 Å². The Morgan fingerprint density at radius 3 is 2.56 bits per heavy atom. The van der Waals surface area contributed by atoms with Crippen LogP contribution in [-0.4, -0.2) is 36.2 Å². The number of carbonyl (C=O) groups is 1. The predicted molar refractivity (Wildman–Crippen MR) is 68.8 cm³/mol. The van der Waals surface area contributed by atoms with Crippen LogP contribution in [0.25, 0.3) is 0 Å². The SMILES string of the molecule is Cc1cc(Cl)cc(C(=O)N(CCCl)CC(F)F)c1. The van der Waals surface area contributed by atoms with Gasteiger partial charge in [-0.15, -0.1) is 11.6 Å². The summed E-state index contributed by atoms with van der Waals surface area (Å²) in [7, 11) is 0. The Morgan fingerprint density at radius 2 is 2.06 bits per heavy atom. The number of halogens is 4. The third-order valence-corrected chi connectivity index (χ3v) is 2.68. The van der Waals surface area contributed by atoms with Crippen molar-refractivity contribution in [2.45, 2.75) is 13.3 Å². The number of alkyl halides is 3. The maximum atomic E-state index is 12.4. The van der Waals surface area contributed by atoms with Gasteiger partial charge in [-0.05, 0) is 30.7 Å². The van der Waals surface area contributed by atoms with Crippen molar-refractivity contribution in [1.82, 2.24) is 4.90 Å². The number of aryl methyl sites for hydroxylation is 1. The highest BCUT2D eigenvalue weighted by Crippen LogP contribution is 2.16. The number of carbonyl (C=O) groups excluding carboxylic acids is 1. The number of rotatable bonds is 5. The number of hydrogen-bond acceptors (Lipinski definition) is 1. The second kappa shape index (κ2) is 6.90. The van der Waals surface area contributed by atoms with Gasteiger partial charge in [0.05, 0.1) is 6.54 Å². The molecule has 1 rings (SSSR count). The fourth-order valence-electron chi connectivity index (χ4n) is 1.59. The third-order valence-electron chi connectivity index (χ3n) is 2.29. The lowest BCUT2D eigenvalue weighted by Gasteiger charge is -2.21. The van der Waals surface area contributed by atoms with E-state index < -0.39 is 18.9 Å². The Hall–Kier alpha value is -0.870. The predicted octanol–water partition coefficient (Wildman–Crippen LogP) is 3.59. The molecular formula is C12H13Cl2F2NO. The number of hydrogen-bond donors (Lipinski definition) is 0. The zero-order valence-electron chi connectivity index (χ0n) is 9.80. The fourth-order valence-corrected chi connectivity index (χ4v) is 2.08. The lowest BCUT2D eigenvalue weighted by atomic mass is 10.1. The second-order valence-corrected chi connectivity index (χ2v) is 4.66. The van der Waals surface area contributed by atoms with E-state index in [9.17, 15) is 13.6 Å². The van der Waals surface area contributed by atoms with Gasteiger partial charge in [-0.3, -0.25) is 4.79 Å². The van der Waals surface area contributed by atoms with Crippen molar-refractivity contribution < 1.29 is 13.6 Å². The highest BCUT2D eigenvalue weighted by molar-refractivity contribution is 6.31. The molecule has 0 radical (unpaired) electrons. The van der Waals surface area contributed by atoms with Crippen LogP contribution < -0.4 is 0 Å². The summed E-state index contributed by atoms with van der Waals surface area (Å²) in [6, 6.07) is 4.77. The summed E-state index contributed by atoms with van der Waals surface area (Å²) in [4.78, 5) is 13.1. The van der Waals surface area contributed by atoms with Crippen molar-refractivity contribution in [2.24, 2.45) is 0 Å². The average Bonchev–Trinajstić information content (AvgIpc) is 2.25. The quantitative estimate of drug-likeness (QED) is 0.760. The van der Waals surface area contributed by atoms with Gasteiger partial charge in [0.1, 0.15) is 0 Å². The van der Waals surface area contributed by atoms with Crippen LogP contribution in [-0.2, 0) is 0 Å². The molecule has 0 aromatic heterocycles. The molecule has 0 spiro atoms. The van der Waals surface area contributed by atoms with Gasteiger partial charge in [-0.25, -0.2) is 8.78 Å². The molecule has 18 heavy (non-hydrogen) atoms. The molecule has 0 saturated carbocycles. The van der Waals surface area contributed by atoms with Gasteiger partial charge in [-0.2, -0.15) is 0 Å². The maximum Gasteiger partial charge on any atom is 0.255 e. The molecular weight excluding hydrogens is 283 g/mol. The van der Waals surface area contributed by atoms with Crippen LogP contribution in [0.1, 0.15) is 15.9 Å². The molecule has 2 nitrogen and oxygen atoms in total. The summed E-state index contributed by atoms with van der Waals surface area (Å²) >= 11 is 11.3. The second-order valence-electron chi connectivity index (χ2n) is 3.85. The molecule has 0 bridgehead atoms. The molecule has 0 unspecified atom stereocenters. The van der Waals surface area contributed by atoms with Gasteiger partial charge in [0.25, 0.3) is 12.3 Å². The summed E-state index contributed by atoms with van der Waals surface area (Å²) in [6.07, 6.45) is -2.59. The number of nitrogens with zero attached hydrogens (tertiary/aromatic N) is 1. The van der Waals surface area contributed by atoms with E-state index in [4.69, 9.17) is 23.2 Å². The van der Waals surface area contributed by atoms with E-state index >= 15 is 0 Å². The minimum Gasteiger partial charge on any atom is -0.332 e. The van der Waals surface area contributed by atoms with Crippen molar-refractivity contribution in [1.29, 1.82) is 0 Å². The highest BCUT2D eigenvalue weighted by Gasteiger charge is 2.19. The molecule has 1 amide bonds. The molecule has 0 fully saturated rings.